The summed E-state index contributed by atoms with van der Waals surface area (Å²) in [6, 6.07) is 7.52. The summed E-state index contributed by atoms with van der Waals surface area (Å²) >= 11 is 0. The number of carbonyl (C=O) groups is 1. The number of aliphatic hydroxyl groups is 1. The zero-order valence-corrected chi connectivity index (χ0v) is 16.9. The molecule has 2 heterocycles. The van der Waals surface area contributed by atoms with Crippen LogP contribution < -0.4 is 11.1 Å². The first-order valence-electron chi connectivity index (χ1n) is 9.66. The molecule has 1 atom stereocenters. The molecular formula is C20H24F3N5O3. The van der Waals surface area contributed by atoms with Gasteiger partial charge in [-0.2, -0.15) is 13.2 Å². The SMILES string of the molecule is C[C@@](O)(CNC(=O)c1nc(-c2ccc(CN3CCOCC3)cc2)cnc1N)C(F)(F)F. The van der Waals surface area contributed by atoms with Gasteiger partial charge in [-0.05, 0) is 12.5 Å². The molecule has 1 aromatic heterocycles. The third-order valence-electron chi connectivity index (χ3n) is 4.98. The van der Waals surface area contributed by atoms with E-state index in [0.717, 1.165) is 25.2 Å². The van der Waals surface area contributed by atoms with Crippen LogP contribution in [0, 0.1) is 0 Å². The van der Waals surface area contributed by atoms with Crippen molar-refractivity contribution in [2.75, 3.05) is 38.6 Å². The fourth-order valence-corrected chi connectivity index (χ4v) is 2.94. The van der Waals surface area contributed by atoms with Crippen LogP contribution in [0.3, 0.4) is 0 Å². The molecule has 0 spiro atoms. The molecule has 2 aromatic rings. The normalized spacial score (nSPS) is 17.2. The van der Waals surface area contributed by atoms with E-state index in [4.69, 9.17) is 10.5 Å². The van der Waals surface area contributed by atoms with Crippen LogP contribution >= 0.6 is 0 Å². The Bertz CT molecular complexity index is 913. The van der Waals surface area contributed by atoms with Gasteiger partial charge in [0.05, 0.1) is 31.6 Å². The number of nitrogens with two attached hydrogens (primary N) is 1. The smallest absolute Gasteiger partial charge is 0.382 e. The number of aromatic nitrogens is 2. The predicted molar refractivity (Wildman–Crippen MR) is 107 cm³/mol. The van der Waals surface area contributed by atoms with E-state index in [2.05, 4.69) is 14.9 Å². The Morgan fingerprint density at radius 1 is 1.26 bits per heavy atom. The lowest BCUT2D eigenvalue weighted by atomic mass is 10.1. The average molecular weight is 439 g/mol. The van der Waals surface area contributed by atoms with E-state index in [1.165, 1.54) is 6.20 Å². The second-order valence-corrected chi connectivity index (χ2v) is 7.53. The highest BCUT2D eigenvalue weighted by atomic mass is 19.4. The molecule has 168 valence electrons. The number of nitrogen functional groups attached to an aromatic ring is 1. The van der Waals surface area contributed by atoms with Crippen molar-refractivity contribution in [3.8, 4) is 11.3 Å². The monoisotopic (exact) mass is 439 g/mol. The van der Waals surface area contributed by atoms with Gasteiger partial charge in [-0.25, -0.2) is 9.97 Å². The zero-order chi connectivity index (χ0) is 22.6. The van der Waals surface area contributed by atoms with Crippen molar-refractivity contribution in [3.05, 3.63) is 41.7 Å². The fourth-order valence-electron chi connectivity index (χ4n) is 2.94. The minimum absolute atomic E-state index is 0.225. The van der Waals surface area contributed by atoms with E-state index >= 15 is 0 Å². The molecule has 0 aliphatic carbocycles. The Morgan fingerprint density at radius 2 is 1.90 bits per heavy atom. The van der Waals surface area contributed by atoms with Crippen LogP contribution in [0.5, 0.6) is 0 Å². The number of alkyl halides is 3. The summed E-state index contributed by atoms with van der Waals surface area (Å²) in [5.41, 5.74) is 4.41. The molecular weight excluding hydrogens is 415 g/mol. The molecule has 1 saturated heterocycles. The maximum absolute atomic E-state index is 12.8. The number of benzene rings is 1. The van der Waals surface area contributed by atoms with Crippen molar-refractivity contribution in [1.82, 2.24) is 20.2 Å². The van der Waals surface area contributed by atoms with Gasteiger partial charge < -0.3 is 20.9 Å². The van der Waals surface area contributed by atoms with Crippen molar-refractivity contribution < 1.29 is 27.8 Å². The quantitative estimate of drug-likeness (QED) is 0.627. The topological polar surface area (TPSA) is 114 Å². The molecule has 0 bridgehead atoms. The summed E-state index contributed by atoms with van der Waals surface area (Å²) in [6.07, 6.45) is -3.52. The van der Waals surface area contributed by atoms with Gasteiger partial charge in [0.2, 0.25) is 0 Å². The molecule has 0 saturated carbocycles. The molecule has 31 heavy (non-hydrogen) atoms. The number of nitrogens with zero attached hydrogens (tertiary/aromatic N) is 3. The van der Waals surface area contributed by atoms with E-state index < -0.39 is 24.2 Å². The number of halogens is 3. The van der Waals surface area contributed by atoms with Crippen molar-refractivity contribution in [3.63, 3.8) is 0 Å². The van der Waals surface area contributed by atoms with Crippen LogP contribution in [0.15, 0.2) is 30.5 Å². The number of amides is 1. The van der Waals surface area contributed by atoms with Gasteiger partial charge in [0.25, 0.3) is 5.91 Å². The second-order valence-electron chi connectivity index (χ2n) is 7.53. The van der Waals surface area contributed by atoms with E-state index in [-0.39, 0.29) is 11.5 Å². The Kier molecular flexibility index (Phi) is 6.77. The van der Waals surface area contributed by atoms with Crippen molar-refractivity contribution in [2.45, 2.75) is 25.2 Å². The predicted octanol–water partition coefficient (Wildman–Crippen LogP) is 1.60. The summed E-state index contributed by atoms with van der Waals surface area (Å²) in [5.74, 6) is -1.18. The summed E-state index contributed by atoms with van der Waals surface area (Å²) in [4.78, 5) is 22.7. The molecule has 1 amide bonds. The summed E-state index contributed by atoms with van der Waals surface area (Å²) in [7, 11) is 0. The molecule has 1 aliphatic rings. The highest BCUT2D eigenvalue weighted by Gasteiger charge is 2.50. The Morgan fingerprint density at radius 3 is 2.52 bits per heavy atom. The van der Waals surface area contributed by atoms with E-state index in [0.29, 0.717) is 31.4 Å². The third-order valence-corrected chi connectivity index (χ3v) is 4.98. The summed E-state index contributed by atoms with van der Waals surface area (Å²) in [6.45, 7) is 3.46. The number of hydrogen-bond donors (Lipinski definition) is 3. The molecule has 1 aliphatic heterocycles. The number of anilines is 1. The highest BCUT2D eigenvalue weighted by Crippen LogP contribution is 2.29. The van der Waals surface area contributed by atoms with Crippen LogP contribution in [-0.4, -0.2) is 70.5 Å². The zero-order valence-electron chi connectivity index (χ0n) is 16.9. The van der Waals surface area contributed by atoms with Gasteiger partial charge in [0.1, 0.15) is 0 Å². The van der Waals surface area contributed by atoms with Crippen LogP contribution in [0.4, 0.5) is 19.0 Å². The number of carbonyl (C=O) groups excluding carboxylic acids is 1. The Hall–Kier alpha value is -2.76. The molecule has 0 unspecified atom stereocenters. The van der Waals surface area contributed by atoms with Gasteiger partial charge in [-0.3, -0.25) is 9.69 Å². The molecule has 0 radical (unpaired) electrons. The number of nitrogens with one attached hydrogen (secondary N) is 1. The highest BCUT2D eigenvalue weighted by molar-refractivity contribution is 5.96. The molecule has 8 nitrogen and oxygen atoms in total. The van der Waals surface area contributed by atoms with Gasteiger partial charge in [0, 0.05) is 25.2 Å². The number of hydrogen-bond acceptors (Lipinski definition) is 7. The average Bonchev–Trinajstić information content (AvgIpc) is 2.73. The summed E-state index contributed by atoms with van der Waals surface area (Å²) < 4.78 is 43.6. The van der Waals surface area contributed by atoms with Crippen molar-refractivity contribution in [2.24, 2.45) is 0 Å². The number of morpholine rings is 1. The van der Waals surface area contributed by atoms with Crippen LogP contribution in [0.25, 0.3) is 11.3 Å². The minimum Gasteiger partial charge on any atom is -0.382 e. The first-order chi connectivity index (χ1) is 14.6. The fraction of sp³-hybridized carbons (Fsp3) is 0.450. The van der Waals surface area contributed by atoms with Crippen molar-refractivity contribution >= 4 is 11.7 Å². The lowest BCUT2D eigenvalue weighted by Crippen LogP contribution is -2.51. The lowest BCUT2D eigenvalue weighted by Gasteiger charge is -2.26. The maximum Gasteiger partial charge on any atom is 0.418 e. The van der Waals surface area contributed by atoms with Crippen molar-refractivity contribution in [1.29, 1.82) is 0 Å². The van der Waals surface area contributed by atoms with E-state index in [1.54, 1.807) is 0 Å². The molecule has 3 rings (SSSR count). The van der Waals surface area contributed by atoms with Gasteiger partial charge in [-0.15, -0.1) is 0 Å². The molecule has 11 heteroatoms. The van der Waals surface area contributed by atoms with Gasteiger partial charge in [-0.1, -0.05) is 24.3 Å². The van der Waals surface area contributed by atoms with Gasteiger partial charge >= 0.3 is 6.18 Å². The van der Waals surface area contributed by atoms with Crippen LogP contribution in [-0.2, 0) is 11.3 Å². The van der Waals surface area contributed by atoms with Crippen LogP contribution in [0.1, 0.15) is 23.0 Å². The molecule has 1 fully saturated rings. The Labute approximate surface area is 177 Å². The van der Waals surface area contributed by atoms with Crippen LogP contribution in [0.2, 0.25) is 0 Å². The van der Waals surface area contributed by atoms with E-state index in [9.17, 15) is 23.1 Å². The molecule has 4 N–H and O–H groups in total. The number of ether oxygens (including phenoxy) is 1. The maximum atomic E-state index is 12.8. The molecule has 1 aromatic carbocycles. The third kappa shape index (κ3) is 5.69. The largest absolute Gasteiger partial charge is 0.418 e. The lowest BCUT2D eigenvalue weighted by molar-refractivity contribution is -0.249. The van der Waals surface area contributed by atoms with E-state index in [1.807, 2.05) is 29.6 Å². The summed E-state index contributed by atoms with van der Waals surface area (Å²) in [5, 5.41) is 11.5. The first kappa shape index (κ1) is 22.9. The Balaban J connectivity index is 1.70. The standard InChI is InChI=1S/C20H24F3N5O3/c1-19(30,20(21,22)23)12-26-18(29)16-17(24)25-10-15(27-16)14-4-2-13(3-5-14)11-28-6-8-31-9-7-28/h2-5,10,30H,6-9,11-12H2,1H3,(H2,24,25)(H,26,29)/t19-/m1/s1. The minimum atomic E-state index is -4.90. The second kappa shape index (κ2) is 9.16. The number of rotatable bonds is 6. The van der Waals surface area contributed by atoms with Gasteiger partial charge in [0.15, 0.2) is 17.1 Å². The first-order valence-corrected chi connectivity index (χ1v) is 9.66.